The molecule has 98 valence electrons. The van der Waals surface area contributed by atoms with Crippen molar-refractivity contribution in [2.24, 2.45) is 0 Å². The lowest BCUT2D eigenvalue weighted by atomic mass is 10.1. The third kappa shape index (κ3) is 4.76. The molecule has 0 bridgehead atoms. The van der Waals surface area contributed by atoms with E-state index < -0.39 is 0 Å². The lowest BCUT2D eigenvalue weighted by Gasteiger charge is -2.24. The fourth-order valence-corrected chi connectivity index (χ4v) is 3.50. The number of hydrogen-bond acceptors (Lipinski definition) is 3. The predicted molar refractivity (Wildman–Crippen MR) is 72.5 cm³/mol. The van der Waals surface area contributed by atoms with Crippen LogP contribution in [0.25, 0.3) is 0 Å². The number of hydrogen-bond donors (Lipinski definition) is 3. The van der Waals surface area contributed by atoms with Crippen molar-refractivity contribution in [3.05, 3.63) is 0 Å². The molecule has 0 aromatic carbocycles. The van der Waals surface area contributed by atoms with Crippen LogP contribution in [0, 0.1) is 0 Å². The van der Waals surface area contributed by atoms with E-state index in [1.807, 2.05) is 11.8 Å². The normalized spacial score (nSPS) is 27.2. The maximum Gasteiger partial charge on any atom is 0.315 e. The van der Waals surface area contributed by atoms with E-state index in [9.17, 15) is 4.79 Å². The summed E-state index contributed by atoms with van der Waals surface area (Å²) in [5.74, 6) is 2.35. The van der Waals surface area contributed by atoms with Gasteiger partial charge in [0.15, 0.2) is 0 Å². The third-order valence-electron chi connectivity index (χ3n) is 3.44. The van der Waals surface area contributed by atoms with E-state index in [1.54, 1.807) is 0 Å². The zero-order valence-electron chi connectivity index (χ0n) is 10.3. The van der Waals surface area contributed by atoms with Crippen LogP contribution in [0.3, 0.4) is 0 Å². The molecule has 3 N–H and O–H groups in total. The minimum atomic E-state index is 0.0237. The molecule has 1 unspecified atom stereocenters. The highest BCUT2D eigenvalue weighted by Gasteiger charge is 2.18. The Bertz CT molecular complexity index is 236. The Morgan fingerprint density at radius 1 is 1.06 bits per heavy atom. The number of rotatable bonds is 2. The SMILES string of the molecule is O=C(NC1CCSCC1)NC1CCCCNC1. The molecule has 2 aliphatic heterocycles. The molecule has 0 aromatic rings. The van der Waals surface area contributed by atoms with Crippen LogP contribution in [-0.4, -0.2) is 42.7 Å². The summed E-state index contributed by atoms with van der Waals surface area (Å²) in [5.41, 5.74) is 0. The molecule has 2 fully saturated rings. The number of thioether (sulfide) groups is 1. The van der Waals surface area contributed by atoms with Crippen molar-refractivity contribution >= 4 is 17.8 Å². The van der Waals surface area contributed by atoms with Gasteiger partial charge >= 0.3 is 6.03 Å². The fourth-order valence-electron chi connectivity index (χ4n) is 2.40. The van der Waals surface area contributed by atoms with Crippen LogP contribution in [0.1, 0.15) is 32.1 Å². The molecule has 1 atom stereocenters. The highest BCUT2D eigenvalue weighted by molar-refractivity contribution is 7.99. The molecule has 0 radical (unpaired) electrons. The summed E-state index contributed by atoms with van der Waals surface area (Å²) in [7, 11) is 0. The first kappa shape index (κ1) is 13.0. The van der Waals surface area contributed by atoms with Gasteiger partial charge in [-0.25, -0.2) is 4.79 Å². The second kappa shape index (κ2) is 7.11. The smallest absolute Gasteiger partial charge is 0.315 e. The summed E-state index contributed by atoms with van der Waals surface area (Å²) in [6, 6.07) is 0.709. The van der Waals surface area contributed by atoms with Gasteiger partial charge in [0.1, 0.15) is 0 Å². The van der Waals surface area contributed by atoms with E-state index in [1.165, 1.54) is 24.3 Å². The van der Waals surface area contributed by atoms with Crippen molar-refractivity contribution in [1.82, 2.24) is 16.0 Å². The summed E-state index contributed by atoms with van der Waals surface area (Å²) >= 11 is 1.98. The molecule has 2 amide bonds. The van der Waals surface area contributed by atoms with Crippen LogP contribution in [-0.2, 0) is 0 Å². The molecule has 2 saturated heterocycles. The van der Waals surface area contributed by atoms with Gasteiger partial charge in [0.05, 0.1) is 0 Å². The molecule has 0 aromatic heterocycles. The van der Waals surface area contributed by atoms with Crippen LogP contribution in [0.5, 0.6) is 0 Å². The molecule has 2 rings (SSSR count). The van der Waals surface area contributed by atoms with E-state index in [0.717, 1.165) is 32.4 Å². The molecule has 4 nitrogen and oxygen atoms in total. The van der Waals surface area contributed by atoms with Crippen LogP contribution >= 0.6 is 11.8 Å². The lowest BCUT2D eigenvalue weighted by molar-refractivity contribution is 0.231. The minimum Gasteiger partial charge on any atom is -0.335 e. The first-order valence-corrected chi connectivity index (χ1v) is 7.85. The van der Waals surface area contributed by atoms with Gasteiger partial charge in [-0.15, -0.1) is 0 Å². The largest absolute Gasteiger partial charge is 0.335 e. The first-order chi connectivity index (χ1) is 8.34. The minimum absolute atomic E-state index is 0.0237. The Labute approximate surface area is 108 Å². The number of nitrogens with one attached hydrogen (secondary N) is 3. The standard InChI is InChI=1S/C12H23N3OS/c16-12(14-10-4-7-17-8-5-10)15-11-3-1-2-6-13-9-11/h10-11,13H,1-9H2,(H2,14,15,16). The Kier molecular flexibility index (Phi) is 5.45. The van der Waals surface area contributed by atoms with Crippen LogP contribution in [0.2, 0.25) is 0 Å². The van der Waals surface area contributed by atoms with Crippen molar-refractivity contribution in [1.29, 1.82) is 0 Å². The van der Waals surface area contributed by atoms with Gasteiger partial charge in [-0.3, -0.25) is 0 Å². The Morgan fingerprint density at radius 2 is 1.82 bits per heavy atom. The van der Waals surface area contributed by atoms with Crippen LogP contribution in [0.4, 0.5) is 4.79 Å². The summed E-state index contributed by atoms with van der Waals surface area (Å²) in [6.07, 6.45) is 5.75. The number of carbonyl (C=O) groups is 1. The highest BCUT2D eigenvalue weighted by atomic mass is 32.2. The molecule has 0 saturated carbocycles. The van der Waals surface area contributed by atoms with Gasteiger partial charge in [0.2, 0.25) is 0 Å². The monoisotopic (exact) mass is 257 g/mol. The molecular weight excluding hydrogens is 234 g/mol. The van der Waals surface area contributed by atoms with Crippen LogP contribution < -0.4 is 16.0 Å². The summed E-state index contributed by atoms with van der Waals surface area (Å²) in [5, 5.41) is 9.54. The quantitative estimate of drug-likeness (QED) is 0.699. The van der Waals surface area contributed by atoms with Gasteiger partial charge in [0, 0.05) is 18.6 Å². The lowest BCUT2D eigenvalue weighted by Crippen LogP contribution is -2.49. The summed E-state index contributed by atoms with van der Waals surface area (Å²) < 4.78 is 0. The van der Waals surface area contributed by atoms with Gasteiger partial charge < -0.3 is 16.0 Å². The van der Waals surface area contributed by atoms with Crippen molar-refractivity contribution in [3.8, 4) is 0 Å². The Balaban J connectivity index is 1.68. The third-order valence-corrected chi connectivity index (χ3v) is 4.49. The van der Waals surface area contributed by atoms with Crippen LogP contribution in [0.15, 0.2) is 0 Å². The van der Waals surface area contributed by atoms with E-state index in [2.05, 4.69) is 16.0 Å². The van der Waals surface area contributed by atoms with Gasteiger partial charge in [-0.2, -0.15) is 11.8 Å². The van der Waals surface area contributed by atoms with Gasteiger partial charge in [-0.05, 0) is 43.7 Å². The average molecular weight is 257 g/mol. The van der Waals surface area contributed by atoms with E-state index in [4.69, 9.17) is 0 Å². The average Bonchev–Trinajstić information content (AvgIpc) is 2.59. The summed E-state index contributed by atoms with van der Waals surface area (Å²) in [4.78, 5) is 11.8. The second-order valence-electron chi connectivity index (χ2n) is 4.90. The molecular formula is C12H23N3OS. The molecule has 0 aliphatic carbocycles. The second-order valence-corrected chi connectivity index (χ2v) is 6.13. The molecule has 2 aliphatic rings. The zero-order chi connectivity index (χ0) is 11.9. The topological polar surface area (TPSA) is 53.2 Å². The van der Waals surface area contributed by atoms with E-state index in [0.29, 0.717) is 12.1 Å². The molecule has 2 heterocycles. The van der Waals surface area contributed by atoms with Gasteiger partial charge in [0.25, 0.3) is 0 Å². The van der Waals surface area contributed by atoms with E-state index >= 15 is 0 Å². The van der Waals surface area contributed by atoms with Crippen molar-refractivity contribution in [3.63, 3.8) is 0 Å². The van der Waals surface area contributed by atoms with Crippen molar-refractivity contribution in [2.45, 2.75) is 44.2 Å². The van der Waals surface area contributed by atoms with Crippen molar-refractivity contribution < 1.29 is 4.79 Å². The Hall–Kier alpha value is -0.420. The maximum absolute atomic E-state index is 11.8. The van der Waals surface area contributed by atoms with Gasteiger partial charge in [-0.1, -0.05) is 6.42 Å². The maximum atomic E-state index is 11.8. The first-order valence-electron chi connectivity index (χ1n) is 6.70. The number of urea groups is 1. The predicted octanol–water partition coefficient (Wildman–Crippen LogP) is 1.32. The Morgan fingerprint density at radius 3 is 2.65 bits per heavy atom. The number of amides is 2. The molecule has 5 heteroatoms. The zero-order valence-corrected chi connectivity index (χ0v) is 11.2. The summed E-state index contributed by atoms with van der Waals surface area (Å²) in [6.45, 7) is 1.99. The van der Waals surface area contributed by atoms with E-state index in [-0.39, 0.29) is 6.03 Å². The fraction of sp³-hybridized carbons (Fsp3) is 0.917. The number of carbonyl (C=O) groups excluding carboxylic acids is 1. The highest BCUT2D eigenvalue weighted by Crippen LogP contribution is 2.16. The van der Waals surface area contributed by atoms with Crippen molar-refractivity contribution in [2.75, 3.05) is 24.6 Å². The molecule has 0 spiro atoms. The molecule has 17 heavy (non-hydrogen) atoms.